The lowest BCUT2D eigenvalue weighted by Gasteiger charge is -2.07. The minimum atomic E-state index is 0.736. The number of anilines is 1. The average Bonchev–Trinajstić information content (AvgIpc) is 2.37. The van der Waals surface area contributed by atoms with Crippen molar-refractivity contribution < 1.29 is 0 Å². The van der Waals surface area contributed by atoms with E-state index in [-0.39, 0.29) is 0 Å². The largest absolute Gasteiger partial charge is 0.366 e. The van der Waals surface area contributed by atoms with E-state index in [1.54, 1.807) is 0 Å². The van der Waals surface area contributed by atoms with Gasteiger partial charge < -0.3 is 5.32 Å². The van der Waals surface area contributed by atoms with Gasteiger partial charge in [-0.05, 0) is 18.7 Å². The average molecular weight is 244 g/mol. The van der Waals surface area contributed by atoms with Crippen LogP contribution in [0, 0.1) is 6.92 Å². The highest BCUT2D eigenvalue weighted by atomic mass is 32.2. The number of hydrogen-bond donors (Lipinski definition) is 1. The number of thioether (sulfide) groups is 1. The first-order valence-electron chi connectivity index (χ1n) is 5.31. The molecule has 0 spiro atoms. The standard InChI is InChI=1S/C13H14N3S/c1-10-8-12(16-13(15-10)17-2)14-9-11-6-4-3-5-7-11/h3-8H,1,9H2,2H3,(H,14,15,16). The van der Waals surface area contributed by atoms with Crippen LogP contribution in [0.1, 0.15) is 11.3 Å². The summed E-state index contributed by atoms with van der Waals surface area (Å²) in [5.74, 6) is 0.818. The molecular formula is C13H14N3S. The summed E-state index contributed by atoms with van der Waals surface area (Å²) in [5.41, 5.74) is 1.96. The van der Waals surface area contributed by atoms with Crippen molar-refractivity contribution in [2.45, 2.75) is 11.7 Å². The number of nitrogens with zero attached hydrogens (tertiary/aromatic N) is 2. The van der Waals surface area contributed by atoms with E-state index in [4.69, 9.17) is 0 Å². The number of rotatable bonds is 4. The minimum absolute atomic E-state index is 0.736. The third-order valence-corrected chi connectivity index (χ3v) is 2.81. The van der Waals surface area contributed by atoms with E-state index >= 15 is 0 Å². The van der Waals surface area contributed by atoms with Crippen LogP contribution in [-0.4, -0.2) is 16.2 Å². The SMILES string of the molecule is [CH2]c1cc(NCc2ccccc2)nc(SC)n1. The van der Waals surface area contributed by atoms with Crippen LogP contribution in [0.25, 0.3) is 0 Å². The summed E-state index contributed by atoms with van der Waals surface area (Å²) in [5, 5.41) is 4.02. The fourth-order valence-electron chi connectivity index (χ4n) is 1.44. The van der Waals surface area contributed by atoms with E-state index in [1.165, 1.54) is 17.3 Å². The second-order valence-corrected chi connectivity index (χ2v) is 4.34. The number of benzene rings is 1. The van der Waals surface area contributed by atoms with E-state index in [1.807, 2.05) is 30.5 Å². The van der Waals surface area contributed by atoms with E-state index < -0.39 is 0 Å². The van der Waals surface area contributed by atoms with Crippen LogP contribution in [0.3, 0.4) is 0 Å². The predicted molar refractivity (Wildman–Crippen MR) is 72.0 cm³/mol. The molecule has 87 valence electrons. The summed E-state index contributed by atoms with van der Waals surface area (Å²) in [6, 6.07) is 12.1. The summed E-state index contributed by atoms with van der Waals surface area (Å²) >= 11 is 1.52. The molecule has 2 rings (SSSR count). The minimum Gasteiger partial charge on any atom is -0.366 e. The molecule has 0 saturated carbocycles. The van der Waals surface area contributed by atoms with Crippen molar-refractivity contribution in [1.29, 1.82) is 0 Å². The molecule has 1 radical (unpaired) electrons. The second kappa shape index (κ2) is 5.68. The van der Waals surface area contributed by atoms with Gasteiger partial charge in [-0.25, -0.2) is 9.97 Å². The van der Waals surface area contributed by atoms with Crippen LogP contribution in [0.15, 0.2) is 41.6 Å². The molecule has 0 saturated heterocycles. The molecule has 0 bridgehead atoms. The third kappa shape index (κ3) is 3.46. The molecule has 0 fully saturated rings. The smallest absolute Gasteiger partial charge is 0.189 e. The summed E-state index contributed by atoms with van der Waals surface area (Å²) in [4.78, 5) is 8.58. The van der Waals surface area contributed by atoms with E-state index in [9.17, 15) is 0 Å². The molecule has 0 aliphatic carbocycles. The Bertz CT molecular complexity index is 485. The lowest BCUT2D eigenvalue weighted by atomic mass is 10.2. The monoisotopic (exact) mass is 244 g/mol. The van der Waals surface area contributed by atoms with Gasteiger partial charge in [-0.1, -0.05) is 42.1 Å². The normalized spacial score (nSPS) is 10.2. The lowest BCUT2D eigenvalue weighted by molar-refractivity contribution is 0.941. The molecule has 2 aromatic rings. The zero-order valence-electron chi connectivity index (χ0n) is 9.68. The molecule has 1 heterocycles. The number of aromatic nitrogens is 2. The van der Waals surface area contributed by atoms with Gasteiger partial charge in [0.25, 0.3) is 0 Å². The quantitative estimate of drug-likeness (QED) is 0.663. The fraction of sp³-hybridized carbons (Fsp3) is 0.154. The van der Waals surface area contributed by atoms with Crippen molar-refractivity contribution in [3.05, 3.63) is 54.6 Å². The summed E-state index contributed by atoms with van der Waals surface area (Å²) in [6.07, 6.45) is 1.95. The Morgan fingerprint density at radius 3 is 2.71 bits per heavy atom. The Labute approximate surface area is 106 Å². The first-order chi connectivity index (χ1) is 8.28. The highest BCUT2D eigenvalue weighted by Gasteiger charge is 2.00. The summed E-state index contributed by atoms with van der Waals surface area (Å²) < 4.78 is 0. The van der Waals surface area contributed by atoms with Gasteiger partial charge in [-0.2, -0.15) is 0 Å². The van der Waals surface area contributed by atoms with Gasteiger partial charge in [0.2, 0.25) is 0 Å². The molecule has 4 heteroatoms. The van der Waals surface area contributed by atoms with E-state index in [2.05, 4.69) is 34.3 Å². The van der Waals surface area contributed by atoms with Crippen LogP contribution in [-0.2, 0) is 6.54 Å². The fourth-order valence-corrected chi connectivity index (χ4v) is 1.84. The zero-order chi connectivity index (χ0) is 12.1. The van der Waals surface area contributed by atoms with Gasteiger partial charge in [0.1, 0.15) is 5.82 Å². The van der Waals surface area contributed by atoms with Crippen LogP contribution in [0.5, 0.6) is 0 Å². The summed E-state index contributed by atoms with van der Waals surface area (Å²) in [7, 11) is 0. The molecule has 1 N–H and O–H groups in total. The maximum absolute atomic E-state index is 4.37. The first kappa shape index (κ1) is 11.9. The van der Waals surface area contributed by atoms with Crippen molar-refractivity contribution in [3.8, 4) is 0 Å². The Balaban J connectivity index is 2.06. The number of hydrogen-bond acceptors (Lipinski definition) is 4. The first-order valence-corrected chi connectivity index (χ1v) is 6.53. The van der Waals surface area contributed by atoms with Crippen LogP contribution < -0.4 is 5.32 Å². The number of nitrogens with one attached hydrogen (secondary N) is 1. The lowest BCUT2D eigenvalue weighted by Crippen LogP contribution is -2.03. The van der Waals surface area contributed by atoms with Crippen molar-refractivity contribution in [2.75, 3.05) is 11.6 Å². The highest BCUT2D eigenvalue weighted by molar-refractivity contribution is 7.98. The second-order valence-electron chi connectivity index (χ2n) is 3.57. The third-order valence-electron chi connectivity index (χ3n) is 2.26. The Hall–Kier alpha value is -1.55. The molecular weight excluding hydrogens is 230 g/mol. The van der Waals surface area contributed by atoms with Gasteiger partial charge in [0.05, 0.1) is 0 Å². The molecule has 0 unspecified atom stereocenters. The maximum atomic E-state index is 4.37. The topological polar surface area (TPSA) is 37.8 Å². The van der Waals surface area contributed by atoms with Gasteiger partial charge >= 0.3 is 0 Å². The summed E-state index contributed by atoms with van der Waals surface area (Å²) in [6.45, 7) is 4.60. The Morgan fingerprint density at radius 2 is 2.00 bits per heavy atom. The maximum Gasteiger partial charge on any atom is 0.189 e. The van der Waals surface area contributed by atoms with Gasteiger partial charge in [-0.15, -0.1) is 0 Å². The molecule has 0 atom stereocenters. The van der Waals surface area contributed by atoms with Gasteiger partial charge in [0.15, 0.2) is 5.16 Å². The van der Waals surface area contributed by atoms with Crippen molar-refractivity contribution in [2.24, 2.45) is 0 Å². The highest BCUT2D eigenvalue weighted by Crippen LogP contribution is 2.14. The zero-order valence-corrected chi connectivity index (χ0v) is 10.5. The predicted octanol–water partition coefficient (Wildman–Crippen LogP) is 2.99. The van der Waals surface area contributed by atoms with Crippen molar-refractivity contribution in [1.82, 2.24) is 9.97 Å². The van der Waals surface area contributed by atoms with Crippen molar-refractivity contribution >= 4 is 17.6 Å². The molecule has 17 heavy (non-hydrogen) atoms. The van der Waals surface area contributed by atoms with Crippen LogP contribution >= 0.6 is 11.8 Å². The van der Waals surface area contributed by atoms with Gasteiger partial charge in [0, 0.05) is 18.3 Å². The Kier molecular flexibility index (Phi) is 3.98. The molecule has 0 amide bonds. The molecule has 3 nitrogen and oxygen atoms in total. The van der Waals surface area contributed by atoms with Crippen molar-refractivity contribution in [3.63, 3.8) is 0 Å². The molecule has 1 aromatic heterocycles. The Morgan fingerprint density at radius 1 is 1.24 bits per heavy atom. The molecule has 0 aliphatic rings. The van der Waals surface area contributed by atoms with Crippen LogP contribution in [0.2, 0.25) is 0 Å². The van der Waals surface area contributed by atoms with Gasteiger partial charge in [-0.3, -0.25) is 0 Å². The molecule has 1 aromatic carbocycles. The van der Waals surface area contributed by atoms with E-state index in [0.29, 0.717) is 0 Å². The van der Waals surface area contributed by atoms with E-state index in [0.717, 1.165) is 23.2 Å². The molecule has 0 aliphatic heterocycles. The van der Waals surface area contributed by atoms with Crippen LogP contribution in [0.4, 0.5) is 5.82 Å².